The van der Waals surface area contributed by atoms with Gasteiger partial charge in [0.15, 0.2) is 5.69 Å². The molecule has 1 N–H and O–H groups in total. The highest BCUT2D eigenvalue weighted by Crippen LogP contribution is 2.26. The fraction of sp³-hybridized carbons (Fsp3) is 0.421. The average Bonchev–Trinajstić information content (AvgIpc) is 3.02. The minimum atomic E-state index is -0.452. The van der Waals surface area contributed by atoms with Crippen molar-refractivity contribution in [2.75, 3.05) is 19.7 Å². The van der Waals surface area contributed by atoms with E-state index in [2.05, 4.69) is 10.4 Å². The molecular formula is C19H24N4O3. The smallest absolute Gasteiger partial charge is 0.359 e. The van der Waals surface area contributed by atoms with Crippen molar-refractivity contribution >= 4 is 12.0 Å². The van der Waals surface area contributed by atoms with Crippen LogP contribution < -0.4 is 5.32 Å². The highest BCUT2D eigenvalue weighted by molar-refractivity contribution is 5.89. The second kappa shape index (κ2) is 7.59. The maximum atomic E-state index is 12.4. The number of benzene rings is 1. The van der Waals surface area contributed by atoms with Gasteiger partial charge in [-0.25, -0.2) is 14.3 Å². The largest absolute Gasteiger partial charge is 0.461 e. The Labute approximate surface area is 152 Å². The fourth-order valence-corrected chi connectivity index (χ4v) is 3.12. The van der Waals surface area contributed by atoms with Crippen LogP contribution in [0.5, 0.6) is 0 Å². The summed E-state index contributed by atoms with van der Waals surface area (Å²) in [5.74, 6) is -0.452. The van der Waals surface area contributed by atoms with Gasteiger partial charge in [-0.3, -0.25) is 0 Å². The second-order valence-corrected chi connectivity index (χ2v) is 6.25. The van der Waals surface area contributed by atoms with Gasteiger partial charge in [0.1, 0.15) is 0 Å². The number of amides is 2. The Kier molecular flexibility index (Phi) is 5.25. The van der Waals surface area contributed by atoms with E-state index in [0.717, 1.165) is 22.5 Å². The molecule has 2 amide bonds. The van der Waals surface area contributed by atoms with Crippen molar-refractivity contribution in [3.63, 3.8) is 0 Å². The summed E-state index contributed by atoms with van der Waals surface area (Å²) in [5.41, 5.74) is 4.06. The van der Waals surface area contributed by atoms with Gasteiger partial charge in [-0.1, -0.05) is 17.7 Å². The Morgan fingerprint density at radius 1 is 1.23 bits per heavy atom. The van der Waals surface area contributed by atoms with Crippen LogP contribution in [0.25, 0.3) is 5.69 Å². The number of carbonyl (C=O) groups is 2. The summed E-state index contributed by atoms with van der Waals surface area (Å²) in [6.07, 6.45) is 0.632. The van der Waals surface area contributed by atoms with Crippen LogP contribution >= 0.6 is 0 Å². The van der Waals surface area contributed by atoms with Crippen molar-refractivity contribution in [2.24, 2.45) is 0 Å². The Balaban J connectivity index is 2.01. The Morgan fingerprint density at radius 2 is 1.96 bits per heavy atom. The molecule has 0 atom stereocenters. The van der Waals surface area contributed by atoms with E-state index in [0.29, 0.717) is 26.1 Å². The number of esters is 1. The van der Waals surface area contributed by atoms with Gasteiger partial charge in [-0.05, 0) is 32.9 Å². The third-order valence-electron chi connectivity index (χ3n) is 4.42. The van der Waals surface area contributed by atoms with Gasteiger partial charge in [0, 0.05) is 25.1 Å². The molecule has 0 saturated heterocycles. The van der Waals surface area contributed by atoms with Crippen LogP contribution in [-0.4, -0.2) is 46.4 Å². The molecule has 0 unspecified atom stereocenters. The van der Waals surface area contributed by atoms with E-state index in [1.807, 2.05) is 38.1 Å². The van der Waals surface area contributed by atoms with Crippen molar-refractivity contribution in [1.29, 1.82) is 0 Å². The lowest BCUT2D eigenvalue weighted by molar-refractivity contribution is 0.0516. The first kappa shape index (κ1) is 18.0. The van der Waals surface area contributed by atoms with E-state index < -0.39 is 5.97 Å². The summed E-state index contributed by atoms with van der Waals surface area (Å²) in [5, 5.41) is 7.34. The standard InChI is InChI=1S/C19H24N4O3/c1-4-20-19(25)22-11-10-16-15(12-22)17(18(24)26-5-2)21-23(16)14-8-6-13(3)7-9-14/h6-9H,4-5,10-12H2,1-3H3,(H,20,25). The first-order valence-electron chi connectivity index (χ1n) is 8.92. The van der Waals surface area contributed by atoms with Crippen LogP contribution in [0.3, 0.4) is 0 Å². The second-order valence-electron chi connectivity index (χ2n) is 6.25. The molecule has 1 aliphatic heterocycles. The number of urea groups is 1. The number of hydrogen-bond donors (Lipinski definition) is 1. The summed E-state index contributed by atoms with van der Waals surface area (Å²) in [6.45, 7) is 7.45. The maximum Gasteiger partial charge on any atom is 0.359 e. The zero-order valence-electron chi connectivity index (χ0n) is 15.4. The van der Waals surface area contributed by atoms with E-state index in [1.165, 1.54) is 0 Å². The van der Waals surface area contributed by atoms with Crippen LogP contribution in [0.1, 0.15) is 41.2 Å². The normalized spacial score (nSPS) is 13.3. The minimum absolute atomic E-state index is 0.129. The van der Waals surface area contributed by atoms with Crippen molar-refractivity contribution in [3.05, 3.63) is 46.8 Å². The SMILES string of the molecule is CCNC(=O)N1CCc2c(c(C(=O)OCC)nn2-c2ccc(C)cc2)C1. The molecule has 0 bridgehead atoms. The van der Waals surface area contributed by atoms with E-state index >= 15 is 0 Å². The molecule has 0 fully saturated rings. The quantitative estimate of drug-likeness (QED) is 0.854. The number of fused-ring (bicyclic) bond motifs is 1. The summed E-state index contributed by atoms with van der Waals surface area (Å²) < 4.78 is 6.97. The topological polar surface area (TPSA) is 76.5 Å². The summed E-state index contributed by atoms with van der Waals surface area (Å²) >= 11 is 0. The Bertz CT molecular complexity index is 811. The van der Waals surface area contributed by atoms with Crippen molar-refractivity contribution in [2.45, 2.75) is 33.7 Å². The van der Waals surface area contributed by atoms with Crippen LogP contribution in [0.2, 0.25) is 0 Å². The van der Waals surface area contributed by atoms with Crippen molar-refractivity contribution in [3.8, 4) is 5.69 Å². The minimum Gasteiger partial charge on any atom is -0.461 e. The number of ether oxygens (including phenoxy) is 1. The third-order valence-corrected chi connectivity index (χ3v) is 4.42. The molecule has 138 valence electrons. The molecule has 7 nitrogen and oxygen atoms in total. The van der Waals surface area contributed by atoms with Gasteiger partial charge < -0.3 is 15.0 Å². The van der Waals surface area contributed by atoms with Crippen LogP contribution in [0.4, 0.5) is 4.79 Å². The van der Waals surface area contributed by atoms with Crippen LogP contribution in [0, 0.1) is 6.92 Å². The molecule has 3 rings (SSSR count). The lowest BCUT2D eigenvalue weighted by Crippen LogP contribution is -2.43. The van der Waals surface area contributed by atoms with Gasteiger partial charge in [0.2, 0.25) is 0 Å². The van der Waals surface area contributed by atoms with E-state index in [9.17, 15) is 9.59 Å². The fourth-order valence-electron chi connectivity index (χ4n) is 3.12. The van der Waals surface area contributed by atoms with Crippen molar-refractivity contribution < 1.29 is 14.3 Å². The molecule has 0 aliphatic carbocycles. The average molecular weight is 356 g/mol. The molecule has 1 aromatic heterocycles. The molecule has 0 radical (unpaired) electrons. The third kappa shape index (κ3) is 3.42. The maximum absolute atomic E-state index is 12.4. The summed E-state index contributed by atoms with van der Waals surface area (Å²) in [6, 6.07) is 7.85. The lowest BCUT2D eigenvalue weighted by atomic mass is 10.0. The van der Waals surface area contributed by atoms with Gasteiger partial charge >= 0.3 is 12.0 Å². The number of nitrogens with one attached hydrogen (secondary N) is 1. The number of aromatic nitrogens is 2. The predicted octanol–water partition coefficient (Wildman–Crippen LogP) is 2.45. The number of hydrogen-bond acceptors (Lipinski definition) is 4. The molecule has 26 heavy (non-hydrogen) atoms. The lowest BCUT2D eigenvalue weighted by Gasteiger charge is -2.27. The molecule has 2 heterocycles. The Hall–Kier alpha value is -2.83. The van der Waals surface area contributed by atoms with Gasteiger partial charge in [-0.15, -0.1) is 0 Å². The molecule has 0 saturated carbocycles. The highest BCUT2D eigenvalue weighted by atomic mass is 16.5. The van der Waals surface area contributed by atoms with Gasteiger partial charge in [0.05, 0.1) is 24.5 Å². The number of carbonyl (C=O) groups excluding carboxylic acids is 2. The Morgan fingerprint density at radius 3 is 2.62 bits per heavy atom. The van der Waals surface area contributed by atoms with Crippen molar-refractivity contribution in [1.82, 2.24) is 20.0 Å². The molecule has 0 spiro atoms. The molecule has 7 heteroatoms. The number of aryl methyl sites for hydroxylation is 1. The monoisotopic (exact) mass is 356 g/mol. The summed E-state index contributed by atoms with van der Waals surface area (Å²) in [7, 11) is 0. The van der Waals surface area contributed by atoms with E-state index in [4.69, 9.17) is 4.74 Å². The van der Waals surface area contributed by atoms with Crippen LogP contribution in [0.15, 0.2) is 24.3 Å². The highest BCUT2D eigenvalue weighted by Gasteiger charge is 2.31. The van der Waals surface area contributed by atoms with Gasteiger partial charge in [-0.2, -0.15) is 5.10 Å². The van der Waals surface area contributed by atoms with Gasteiger partial charge in [0.25, 0.3) is 0 Å². The molecule has 1 aromatic carbocycles. The number of nitrogens with zero attached hydrogens (tertiary/aromatic N) is 3. The molecule has 1 aliphatic rings. The van der Waals surface area contributed by atoms with E-state index in [-0.39, 0.29) is 18.3 Å². The predicted molar refractivity (Wildman–Crippen MR) is 97.4 cm³/mol. The molecule has 2 aromatic rings. The zero-order chi connectivity index (χ0) is 18.7. The van der Waals surface area contributed by atoms with Crippen LogP contribution in [-0.2, 0) is 17.7 Å². The molecular weight excluding hydrogens is 332 g/mol. The first-order valence-corrected chi connectivity index (χ1v) is 8.92. The first-order chi connectivity index (χ1) is 12.5. The summed E-state index contributed by atoms with van der Waals surface area (Å²) in [4.78, 5) is 26.3. The zero-order valence-corrected chi connectivity index (χ0v) is 15.4. The number of rotatable bonds is 4. The van der Waals surface area contributed by atoms with E-state index in [1.54, 1.807) is 16.5 Å².